The molecule has 27 heavy (non-hydrogen) atoms. The summed E-state index contributed by atoms with van der Waals surface area (Å²) in [4.78, 5) is 35.9. The van der Waals surface area contributed by atoms with Crippen molar-refractivity contribution in [2.45, 2.75) is 24.2 Å². The molecule has 1 aromatic rings. The van der Waals surface area contributed by atoms with Gasteiger partial charge < -0.3 is 15.3 Å². The molecule has 0 radical (unpaired) electrons. The molecule has 1 saturated heterocycles. The van der Waals surface area contributed by atoms with Gasteiger partial charge in [0.15, 0.2) is 0 Å². The number of hydrogen-bond donors (Lipinski definition) is 2. The maximum absolute atomic E-state index is 12.6. The molecular formula is C17H23N3O6S. The Morgan fingerprint density at radius 1 is 0.963 bits per heavy atom. The molecule has 1 aromatic carbocycles. The molecule has 0 unspecified atom stereocenters. The summed E-state index contributed by atoms with van der Waals surface area (Å²) in [6, 6.07) is 8.14. The molecular weight excluding hydrogens is 374 g/mol. The van der Waals surface area contributed by atoms with E-state index in [0.717, 1.165) is 0 Å². The van der Waals surface area contributed by atoms with Crippen LogP contribution in [0.5, 0.6) is 0 Å². The maximum atomic E-state index is 12.6. The third kappa shape index (κ3) is 6.04. The van der Waals surface area contributed by atoms with Crippen LogP contribution in [-0.4, -0.2) is 73.2 Å². The van der Waals surface area contributed by atoms with Crippen LogP contribution in [0.25, 0.3) is 0 Å². The highest BCUT2D eigenvalue weighted by molar-refractivity contribution is 7.89. The van der Waals surface area contributed by atoms with E-state index in [-0.39, 0.29) is 68.7 Å². The van der Waals surface area contributed by atoms with Crippen LogP contribution in [0, 0.1) is 0 Å². The number of aliphatic carboxylic acids is 1. The molecule has 0 bridgehead atoms. The zero-order valence-corrected chi connectivity index (χ0v) is 15.7. The Morgan fingerprint density at radius 3 is 2.19 bits per heavy atom. The van der Waals surface area contributed by atoms with E-state index in [1.807, 2.05) is 0 Å². The molecule has 0 saturated carbocycles. The fourth-order valence-electron chi connectivity index (χ4n) is 2.70. The van der Waals surface area contributed by atoms with Crippen molar-refractivity contribution >= 4 is 27.8 Å². The van der Waals surface area contributed by atoms with Crippen molar-refractivity contribution in [2.24, 2.45) is 0 Å². The Kier molecular flexibility index (Phi) is 7.31. The highest BCUT2D eigenvalue weighted by Gasteiger charge is 2.29. The van der Waals surface area contributed by atoms with Gasteiger partial charge in [0.2, 0.25) is 21.8 Å². The van der Waals surface area contributed by atoms with E-state index in [4.69, 9.17) is 5.11 Å². The quantitative estimate of drug-likeness (QED) is 0.631. The lowest BCUT2D eigenvalue weighted by molar-refractivity contribution is -0.137. The van der Waals surface area contributed by atoms with E-state index in [0.29, 0.717) is 0 Å². The molecule has 9 nitrogen and oxygen atoms in total. The summed E-state index contributed by atoms with van der Waals surface area (Å²) >= 11 is 0. The number of rotatable bonds is 8. The van der Waals surface area contributed by atoms with Gasteiger partial charge in [0.1, 0.15) is 0 Å². The largest absolute Gasteiger partial charge is 0.481 e. The van der Waals surface area contributed by atoms with Crippen molar-refractivity contribution in [1.82, 2.24) is 14.5 Å². The maximum Gasteiger partial charge on any atom is 0.305 e. The van der Waals surface area contributed by atoms with Crippen LogP contribution in [-0.2, 0) is 24.4 Å². The SMILES string of the molecule is O=C(O)CCNC(=O)CCC(=O)N1CCN(S(=O)(=O)c2ccccc2)CC1. The van der Waals surface area contributed by atoms with E-state index < -0.39 is 16.0 Å². The van der Waals surface area contributed by atoms with Crippen LogP contribution in [0.1, 0.15) is 19.3 Å². The molecule has 1 fully saturated rings. The second-order valence-electron chi connectivity index (χ2n) is 6.09. The number of nitrogens with one attached hydrogen (secondary N) is 1. The van der Waals surface area contributed by atoms with Crippen molar-refractivity contribution in [3.8, 4) is 0 Å². The van der Waals surface area contributed by atoms with Crippen LogP contribution in [0.15, 0.2) is 35.2 Å². The van der Waals surface area contributed by atoms with Crippen molar-refractivity contribution in [3.05, 3.63) is 30.3 Å². The fourth-order valence-corrected chi connectivity index (χ4v) is 4.14. The van der Waals surface area contributed by atoms with Crippen LogP contribution in [0.2, 0.25) is 0 Å². The summed E-state index contributed by atoms with van der Waals surface area (Å²) in [6.07, 6.45) is -0.192. The molecule has 2 N–H and O–H groups in total. The van der Waals surface area contributed by atoms with E-state index in [9.17, 15) is 22.8 Å². The summed E-state index contributed by atoms with van der Waals surface area (Å²) in [6.45, 7) is 0.969. The third-order valence-corrected chi connectivity index (χ3v) is 6.11. The number of carbonyl (C=O) groups is 3. The average molecular weight is 397 g/mol. The third-order valence-electron chi connectivity index (χ3n) is 4.20. The number of carboxylic acid groups (broad SMARTS) is 1. The summed E-state index contributed by atoms with van der Waals surface area (Å²) in [5.41, 5.74) is 0. The first kappa shape index (κ1) is 20.8. The summed E-state index contributed by atoms with van der Waals surface area (Å²) in [7, 11) is -3.57. The van der Waals surface area contributed by atoms with Crippen LogP contribution in [0.3, 0.4) is 0 Å². The van der Waals surface area contributed by atoms with Gasteiger partial charge in [-0.25, -0.2) is 8.42 Å². The molecule has 1 heterocycles. The molecule has 0 spiro atoms. The standard InChI is InChI=1S/C17H23N3O6S/c21-15(18-9-8-17(23)24)6-7-16(22)19-10-12-20(13-11-19)27(25,26)14-4-2-1-3-5-14/h1-5H,6-13H2,(H,18,21)(H,23,24). The number of hydrogen-bond acceptors (Lipinski definition) is 5. The Morgan fingerprint density at radius 2 is 1.59 bits per heavy atom. The highest BCUT2D eigenvalue weighted by atomic mass is 32.2. The van der Waals surface area contributed by atoms with Gasteiger partial charge in [0.05, 0.1) is 11.3 Å². The summed E-state index contributed by atoms with van der Waals surface area (Å²) < 4.78 is 26.5. The Bertz CT molecular complexity index is 773. The second kappa shape index (κ2) is 9.47. The second-order valence-corrected chi connectivity index (χ2v) is 8.03. The van der Waals surface area contributed by atoms with Gasteiger partial charge in [-0.3, -0.25) is 14.4 Å². The van der Waals surface area contributed by atoms with Gasteiger partial charge in [0, 0.05) is 45.6 Å². The predicted molar refractivity (Wildman–Crippen MR) is 96.3 cm³/mol. The Labute approximate surface area is 158 Å². The zero-order valence-electron chi connectivity index (χ0n) is 14.8. The van der Waals surface area contributed by atoms with Gasteiger partial charge in [-0.05, 0) is 12.1 Å². The smallest absolute Gasteiger partial charge is 0.305 e. The molecule has 0 atom stereocenters. The molecule has 2 rings (SSSR count). The first-order valence-corrected chi connectivity index (χ1v) is 10.1. The number of benzene rings is 1. The van der Waals surface area contributed by atoms with Gasteiger partial charge in [-0.15, -0.1) is 0 Å². The van der Waals surface area contributed by atoms with E-state index in [2.05, 4.69) is 5.32 Å². The lowest BCUT2D eigenvalue weighted by atomic mass is 10.2. The molecule has 0 aromatic heterocycles. The molecule has 2 amide bonds. The lowest BCUT2D eigenvalue weighted by Crippen LogP contribution is -2.50. The van der Waals surface area contributed by atoms with Gasteiger partial charge in [-0.2, -0.15) is 4.31 Å². The van der Waals surface area contributed by atoms with Gasteiger partial charge >= 0.3 is 5.97 Å². The van der Waals surface area contributed by atoms with E-state index in [1.165, 1.54) is 16.4 Å². The minimum absolute atomic E-state index is 0.00431. The first-order chi connectivity index (χ1) is 12.8. The lowest BCUT2D eigenvalue weighted by Gasteiger charge is -2.34. The van der Waals surface area contributed by atoms with Gasteiger partial charge in [0.25, 0.3) is 0 Å². The summed E-state index contributed by atoms with van der Waals surface area (Å²) in [5, 5.41) is 10.9. The molecule has 148 valence electrons. The van der Waals surface area contributed by atoms with Crippen LogP contribution >= 0.6 is 0 Å². The predicted octanol–water partition coefficient (Wildman–Crippen LogP) is -0.109. The first-order valence-electron chi connectivity index (χ1n) is 8.62. The van der Waals surface area contributed by atoms with Crippen LogP contribution < -0.4 is 5.32 Å². The normalized spacial score (nSPS) is 15.3. The molecule has 10 heteroatoms. The number of sulfonamides is 1. The average Bonchev–Trinajstić information content (AvgIpc) is 2.66. The molecule has 1 aliphatic heterocycles. The topological polar surface area (TPSA) is 124 Å². The Balaban J connectivity index is 1.77. The van der Waals surface area contributed by atoms with Crippen molar-refractivity contribution in [1.29, 1.82) is 0 Å². The highest BCUT2D eigenvalue weighted by Crippen LogP contribution is 2.17. The Hall–Kier alpha value is -2.46. The van der Waals surface area contributed by atoms with Crippen molar-refractivity contribution < 1.29 is 27.9 Å². The monoisotopic (exact) mass is 397 g/mol. The minimum atomic E-state index is -3.57. The summed E-state index contributed by atoms with van der Waals surface area (Å²) in [5.74, 6) is -1.61. The van der Waals surface area contributed by atoms with Gasteiger partial charge in [-0.1, -0.05) is 18.2 Å². The number of amides is 2. The van der Waals surface area contributed by atoms with Crippen molar-refractivity contribution in [3.63, 3.8) is 0 Å². The molecule has 1 aliphatic rings. The number of carbonyl (C=O) groups excluding carboxylic acids is 2. The zero-order chi connectivity index (χ0) is 19.9. The van der Waals surface area contributed by atoms with Crippen LogP contribution in [0.4, 0.5) is 0 Å². The fraction of sp³-hybridized carbons (Fsp3) is 0.471. The molecule has 0 aliphatic carbocycles. The van der Waals surface area contributed by atoms with Crippen molar-refractivity contribution in [2.75, 3.05) is 32.7 Å². The van der Waals surface area contributed by atoms with E-state index in [1.54, 1.807) is 23.1 Å². The number of piperazine rings is 1. The van der Waals surface area contributed by atoms with E-state index >= 15 is 0 Å². The number of nitrogens with zero attached hydrogens (tertiary/aromatic N) is 2. The number of carboxylic acids is 1. The minimum Gasteiger partial charge on any atom is -0.481 e.